The minimum atomic E-state index is -0.234. The third kappa shape index (κ3) is 1.71. The number of para-hydroxylation sites is 1. The van der Waals surface area contributed by atoms with Crippen LogP contribution in [0.4, 0.5) is 4.39 Å². The molecule has 1 atom stereocenters. The number of aromatic nitrogens is 1. The van der Waals surface area contributed by atoms with Crippen LogP contribution in [0.1, 0.15) is 6.92 Å². The first-order valence-corrected chi connectivity index (χ1v) is 4.85. The predicted octanol–water partition coefficient (Wildman–Crippen LogP) is 2.94. The van der Waals surface area contributed by atoms with Gasteiger partial charge in [-0.15, -0.1) is 0 Å². The molecule has 0 aliphatic carbocycles. The third-order valence-electron chi connectivity index (χ3n) is 2.43. The van der Waals surface area contributed by atoms with Crippen molar-refractivity contribution in [1.82, 2.24) is 4.57 Å². The number of hydrogen-bond acceptors (Lipinski definition) is 1. The molecule has 1 unspecified atom stereocenters. The molecule has 0 amide bonds. The second kappa shape index (κ2) is 3.74. The molecule has 76 valence electrons. The lowest BCUT2D eigenvalue weighted by atomic mass is 10.2. The fourth-order valence-corrected chi connectivity index (χ4v) is 1.70. The summed E-state index contributed by atoms with van der Waals surface area (Å²) in [4.78, 5) is 0. The average molecular weight is 202 g/mol. The smallest absolute Gasteiger partial charge is 0.147 e. The van der Waals surface area contributed by atoms with E-state index in [-0.39, 0.29) is 11.7 Å². The maximum Gasteiger partial charge on any atom is 0.147 e. The summed E-state index contributed by atoms with van der Waals surface area (Å²) >= 11 is 0. The number of nitriles is 1. The van der Waals surface area contributed by atoms with Crippen molar-refractivity contribution in [2.24, 2.45) is 5.92 Å². The van der Waals surface area contributed by atoms with Gasteiger partial charge in [-0.2, -0.15) is 5.26 Å². The van der Waals surface area contributed by atoms with Gasteiger partial charge in [-0.05, 0) is 19.1 Å². The van der Waals surface area contributed by atoms with Gasteiger partial charge in [-0.1, -0.05) is 12.1 Å². The Labute approximate surface area is 87.6 Å². The molecule has 1 aromatic carbocycles. The highest BCUT2D eigenvalue weighted by atomic mass is 19.1. The van der Waals surface area contributed by atoms with Gasteiger partial charge in [-0.3, -0.25) is 0 Å². The number of fused-ring (bicyclic) bond motifs is 1. The van der Waals surface area contributed by atoms with Crippen molar-refractivity contribution < 1.29 is 4.39 Å². The zero-order valence-electron chi connectivity index (χ0n) is 8.44. The summed E-state index contributed by atoms with van der Waals surface area (Å²) in [6.07, 6.45) is 1.82. The highest BCUT2D eigenvalue weighted by Crippen LogP contribution is 2.19. The SMILES string of the molecule is CC(C#N)Cn1ccc2cccc(F)c21. The first-order chi connectivity index (χ1) is 7.22. The lowest BCUT2D eigenvalue weighted by Gasteiger charge is -2.06. The molecule has 0 saturated heterocycles. The van der Waals surface area contributed by atoms with Gasteiger partial charge in [-0.25, -0.2) is 4.39 Å². The fraction of sp³-hybridized carbons (Fsp3) is 0.250. The Morgan fingerprint density at radius 3 is 3.00 bits per heavy atom. The van der Waals surface area contributed by atoms with E-state index in [0.29, 0.717) is 12.1 Å². The zero-order chi connectivity index (χ0) is 10.8. The van der Waals surface area contributed by atoms with Gasteiger partial charge in [0.1, 0.15) is 5.82 Å². The Balaban J connectivity index is 2.49. The highest BCUT2D eigenvalue weighted by Gasteiger charge is 2.08. The molecule has 0 radical (unpaired) electrons. The Kier molecular flexibility index (Phi) is 2.42. The molecule has 2 nitrogen and oxygen atoms in total. The van der Waals surface area contributed by atoms with Crippen LogP contribution in [0.25, 0.3) is 10.9 Å². The van der Waals surface area contributed by atoms with E-state index in [4.69, 9.17) is 5.26 Å². The molecular weight excluding hydrogens is 191 g/mol. The molecular formula is C12H11FN2. The molecule has 0 saturated carbocycles. The number of rotatable bonds is 2. The Hall–Kier alpha value is -1.82. The van der Waals surface area contributed by atoms with E-state index in [9.17, 15) is 4.39 Å². The van der Waals surface area contributed by atoms with E-state index in [1.807, 2.05) is 25.3 Å². The highest BCUT2D eigenvalue weighted by molar-refractivity contribution is 5.80. The second-order valence-electron chi connectivity index (χ2n) is 3.68. The van der Waals surface area contributed by atoms with Crippen LogP contribution >= 0.6 is 0 Å². The van der Waals surface area contributed by atoms with E-state index < -0.39 is 0 Å². The Bertz CT molecular complexity index is 522. The quantitative estimate of drug-likeness (QED) is 0.736. The van der Waals surface area contributed by atoms with Gasteiger partial charge in [0.15, 0.2) is 0 Å². The fourth-order valence-electron chi connectivity index (χ4n) is 1.70. The summed E-state index contributed by atoms with van der Waals surface area (Å²) in [5.74, 6) is -0.345. The van der Waals surface area contributed by atoms with Crippen LogP contribution in [-0.4, -0.2) is 4.57 Å². The average Bonchev–Trinajstić information content (AvgIpc) is 2.63. The van der Waals surface area contributed by atoms with Crippen LogP contribution in [0.3, 0.4) is 0 Å². The number of halogens is 1. The molecule has 0 spiro atoms. The van der Waals surface area contributed by atoms with E-state index in [0.717, 1.165) is 5.39 Å². The van der Waals surface area contributed by atoms with Crippen LogP contribution in [0.5, 0.6) is 0 Å². The molecule has 15 heavy (non-hydrogen) atoms. The maximum atomic E-state index is 13.5. The van der Waals surface area contributed by atoms with Crippen molar-refractivity contribution in [1.29, 1.82) is 5.26 Å². The minimum absolute atomic E-state index is 0.111. The molecule has 0 aliphatic heterocycles. The predicted molar refractivity (Wildman–Crippen MR) is 56.7 cm³/mol. The van der Waals surface area contributed by atoms with E-state index in [2.05, 4.69) is 6.07 Å². The van der Waals surface area contributed by atoms with Crippen LogP contribution in [-0.2, 0) is 6.54 Å². The topological polar surface area (TPSA) is 28.7 Å². The monoisotopic (exact) mass is 202 g/mol. The Morgan fingerprint density at radius 1 is 1.47 bits per heavy atom. The molecule has 2 aromatic rings. The number of hydrogen-bond donors (Lipinski definition) is 0. The van der Waals surface area contributed by atoms with Crippen LogP contribution < -0.4 is 0 Å². The van der Waals surface area contributed by atoms with Crippen molar-refractivity contribution in [3.8, 4) is 6.07 Å². The molecule has 2 rings (SSSR count). The first kappa shape index (κ1) is 9.72. The van der Waals surface area contributed by atoms with Gasteiger partial charge in [0.05, 0.1) is 17.5 Å². The summed E-state index contributed by atoms with van der Waals surface area (Å²) in [6, 6.07) is 9.01. The Morgan fingerprint density at radius 2 is 2.27 bits per heavy atom. The van der Waals surface area contributed by atoms with Crippen molar-refractivity contribution in [3.05, 3.63) is 36.3 Å². The molecule has 0 aliphatic rings. The molecule has 1 heterocycles. The van der Waals surface area contributed by atoms with Crippen molar-refractivity contribution in [3.63, 3.8) is 0 Å². The van der Waals surface area contributed by atoms with Gasteiger partial charge >= 0.3 is 0 Å². The standard InChI is InChI=1S/C12H11FN2/c1-9(7-14)8-15-6-5-10-3-2-4-11(13)12(10)15/h2-6,9H,8H2,1H3. The van der Waals surface area contributed by atoms with Crippen LogP contribution in [0.2, 0.25) is 0 Å². The van der Waals surface area contributed by atoms with Crippen molar-refractivity contribution >= 4 is 10.9 Å². The van der Waals surface area contributed by atoms with Gasteiger partial charge in [0.25, 0.3) is 0 Å². The summed E-state index contributed by atoms with van der Waals surface area (Å²) in [6.45, 7) is 2.35. The molecule has 0 N–H and O–H groups in total. The van der Waals surface area contributed by atoms with Crippen LogP contribution in [0, 0.1) is 23.1 Å². The van der Waals surface area contributed by atoms with E-state index >= 15 is 0 Å². The summed E-state index contributed by atoms with van der Waals surface area (Å²) in [5, 5.41) is 9.59. The first-order valence-electron chi connectivity index (χ1n) is 4.85. The second-order valence-corrected chi connectivity index (χ2v) is 3.68. The van der Waals surface area contributed by atoms with Gasteiger partial charge in [0, 0.05) is 18.1 Å². The van der Waals surface area contributed by atoms with Crippen LogP contribution in [0.15, 0.2) is 30.5 Å². The lowest BCUT2D eigenvalue weighted by molar-refractivity contribution is 0.576. The summed E-state index contributed by atoms with van der Waals surface area (Å²) in [7, 11) is 0. The van der Waals surface area contributed by atoms with E-state index in [1.165, 1.54) is 6.07 Å². The molecule has 0 fully saturated rings. The maximum absolute atomic E-state index is 13.5. The summed E-state index contributed by atoms with van der Waals surface area (Å²) in [5.41, 5.74) is 0.583. The van der Waals surface area contributed by atoms with E-state index in [1.54, 1.807) is 10.6 Å². The molecule has 1 aromatic heterocycles. The summed E-state index contributed by atoms with van der Waals surface area (Å²) < 4.78 is 15.3. The van der Waals surface area contributed by atoms with Crippen molar-refractivity contribution in [2.45, 2.75) is 13.5 Å². The molecule has 3 heteroatoms. The lowest BCUT2D eigenvalue weighted by Crippen LogP contribution is -2.04. The van der Waals surface area contributed by atoms with Crippen molar-refractivity contribution in [2.75, 3.05) is 0 Å². The number of nitrogens with zero attached hydrogens (tertiary/aromatic N) is 2. The largest absolute Gasteiger partial charge is 0.344 e. The molecule has 0 bridgehead atoms. The van der Waals surface area contributed by atoms with Gasteiger partial charge in [0.2, 0.25) is 0 Å². The zero-order valence-corrected chi connectivity index (χ0v) is 8.44. The minimum Gasteiger partial charge on any atom is -0.344 e. The van der Waals surface area contributed by atoms with Gasteiger partial charge < -0.3 is 4.57 Å². The number of benzene rings is 1. The normalized spacial score (nSPS) is 12.6. The third-order valence-corrected chi connectivity index (χ3v) is 2.43.